The molecule has 0 aliphatic rings. The normalized spacial score (nSPS) is 12.4. The summed E-state index contributed by atoms with van der Waals surface area (Å²) in [6.45, 7) is -0.467. The summed E-state index contributed by atoms with van der Waals surface area (Å²) in [5.74, 6) is -1.20. The van der Waals surface area contributed by atoms with Crippen LogP contribution >= 0.6 is 0 Å². The van der Waals surface area contributed by atoms with Gasteiger partial charge in [-0.05, 0) is 5.56 Å². The van der Waals surface area contributed by atoms with Crippen LogP contribution in [0.2, 0.25) is 0 Å². The number of rotatable bonds is 8. The molecule has 8 nitrogen and oxygen atoms in total. The van der Waals surface area contributed by atoms with Crippen LogP contribution in [-0.2, 0) is 30.4 Å². The summed E-state index contributed by atoms with van der Waals surface area (Å²) in [6.07, 6.45) is -0.513. The maximum atomic E-state index is 11.6. The first-order chi connectivity index (χ1) is 10.3. The van der Waals surface area contributed by atoms with E-state index in [4.69, 9.17) is 9.84 Å². The lowest BCUT2D eigenvalue weighted by Gasteiger charge is -2.16. The molecule has 0 spiro atoms. The van der Waals surface area contributed by atoms with Crippen molar-refractivity contribution in [2.45, 2.75) is 19.1 Å². The molecule has 0 unspecified atom stereocenters. The van der Waals surface area contributed by atoms with Crippen LogP contribution in [0.1, 0.15) is 12.0 Å². The average Bonchev–Trinajstić information content (AvgIpc) is 2.42. The second kappa shape index (κ2) is 8.35. The minimum Gasteiger partial charge on any atom is -0.481 e. The molecule has 1 amide bonds. The van der Waals surface area contributed by atoms with E-state index in [2.05, 4.69) is 9.50 Å². The van der Waals surface area contributed by atoms with Gasteiger partial charge >= 0.3 is 12.1 Å². The van der Waals surface area contributed by atoms with Crippen LogP contribution in [0.25, 0.3) is 0 Å². The standard InChI is InChI=1S/C13H17NO7S/c1-22(18,19)21-9-11(7-12(15)16)14-13(17)20-8-10-5-3-2-4-6-10/h2-6,11H,7-9H2,1H3,(H,14,17)(H,15,16)/t11-/m1/s1. The molecule has 1 aromatic rings. The smallest absolute Gasteiger partial charge is 0.407 e. The number of ether oxygens (including phenoxy) is 1. The number of alkyl carbamates (subject to hydrolysis) is 1. The van der Waals surface area contributed by atoms with Gasteiger partial charge in [0.05, 0.1) is 25.3 Å². The van der Waals surface area contributed by atoms with E-state index >= 15 is 0 Å². The number of nitrogens with one attached hydrogen (secondary N) is 1. The van der Waals surface area contributed by atoms with Crippen molar-refractivity contribution in [3.8, 4) is 0 Å². The number of carbonyl (C=O) groups is 2. The highest BCUT2D eigenvalue weighted by atomic mass is 32.2. The number of carboxylic acids is 1. The summed E-state index contributed by atoms with van der Waals surface area (Å²) in [7, 11) is -3.73. The average molecular weight is 331 g/mol. The van der Waals surface area contributed by atoms with Gasteiger partial charge in [0, 0.05) is 0 Å². The zero-order chi connectivity index (χ0) is 16.6. The summed E-state index contributed by atoms with van der Waals surface area (Å²) in [6, 6.07) is 7.88. The number of hydrogen-bond acceptors (Lipinski definition) is 6. The van der Waals surface area contributed by atoms with E-state index in [1.165, 1.54) is 0 Å². The van der Waals surface area contributed by atoms with Crippen LogP contribution in [0, 0.1) is 0 Å². The van der Waals surface area contributed by atoms with Crippen LogP contribution < -0.4 is 5.32 Å². The van der Waals surface area contributed by atoms with Crippen molar-refractivity contribution in [2.24, 2.45) is 0 Å². The van der Waals surface area contributed by atoms with Gasteiger partial charge in [0.1, 0.15) is 6.61 Å². The monoisotopic (exact) mass is 331 g/mol. The number of amides is 1. The van der Waals surface area contributed by atoms with Gasteiger partial charge in [-0.25, -0.2) is 4.79 Å². The first-order valence-corrected chi connectivity index (χ1v) is 8.11. The lowest BCUT2D eigenvalue weighted by Crippen LogP contribution is -2.40. The molecule has 1 atom stereocenters. The number of hydrogen-bond donors (Lipinski definition) is 2. The Kier molecular flexibility index (Phi) is 6.80. The Morgan fingerprint density at radius 1 is 1.27 bits per heavy atom. The second-order valence-electron chi connectivity index (χ2n) is 4.49. The van der Waals surface area contributed by atoms with E-state index in [-0.39, 0.29) is 6.61 Å². The molecular weight excluding hydrogens is 314 g/mol. The van der Waals surface area contributed by atoms with Crippen LogP contribution in [0.4, 0.5) is 4.79 Å². The summed E-state index contributed by atoms with van der Waals surface area (Å²) in [5, 5.41) is 11.0. The highest BCUT2D eigenvalue weighted by Crippen LogP contribution is 2.02. The first-order valence-electron chi connectivity index (χ1n) is 6.29. The number of carboxylic acid groups (broad SMARTS) is 1. The molecular formula is C13H17NO7S. The van der Waals surface area contributed by atoms with Crippen molar-refractivity contribution in [1.29, 1.82) is 0 Å². The Balaban J connectivity index is 2.49. The molecule has 1 aromatic carbocycles. The minimum absolute atomic E-state index is 0.0133. The Hall–Kier alpha value is -2.13. The van der Waals surface area contributed by atoms with Crippen molar-refractivity contribution in [3.05, 3.63) is 35.9 Å². The van der Waals surface area contributed by atoms with E-state index in [9.17, 15) is 18.0 Å². The molecule has 1 rings (SSSR count). The third-order valence-electron chi connectivity index (χ3n) is 2.44. The fraction of sp³-hybridized carbons (Fsp3) is 0.385. The van der Waals surface area contributed by atoms with Crippen molar-refractivity contribution < 1.29 is 32.0 Å². The molecule has 0 aromatic heterocycles. The van der Waals surface area contributed by atoms with E-state index < -0.39 is 41.3 Å². The molecule has 0 heterocycles. The van der Waals surface area contributed by atoms with Gasteiger partial charge < -0.3 is 15.2 Å². The highest BCUT2D eigenvalue weighted by molar-refractivity contribution is 7.85. The van der Waals surface area contributed by atoms with E-state index in [0.717, 1.165) is 11.8 Å². The highest BCUT2D eigenvalue weighted by Gasteiger charge is 2.19. The molecule has 9 heteroatoms. The largest absolute Gasteiger partial charge is 0.481 e. The molecule has 0 fully saturated rings. The number of aliphatic carboxylic acids is 1. The van der Waals surface area contributed by atoms with Gasteiger partial charge in [-0.1, -0.05) is 30.3 Å². The van der Waals surface area contributed by atoms with Crippen LogP contribution in [-0.4, -0.2) is 44.5 Å². The SMILES string of the molecule is CS(=O)(=O)OC[C@@H](CC(=O)O)NC(=O)OCc1ccccc1. The van der Waals surface area contributed by atoms with Gasteiger partial charge in [0.25, 0.3) is 10.1 Å². The fourth-order valence-electron chi connectivity index (χ4n) is 1.50. The van der Waals surface area contributed by atoms with Gasteiger partial charge in [0.15, 0.2) is 0 Å². The lowest BCUT2D eigenvalue weighted by atomic mass is 10.2. The van der Waals surface area contributed by atoms with Crippen molar-refractivity contribution >= 4 is 22.2 Å². The Labute approximate surface area is 128 Å². The van der Waals surface area contributed by atoms with Crippen molar-refractivity contribution in [2.75, 3.05) is 12.9 Å². The molecule has 0 aliphatic carbocycles. The van der Waals surface area contributed by atoms with Gasteiger partial charge in [-0.15, -0.1) is 0 Å². The Morgan fingerprint density at radius 3 is 2.45 bits per heavy atom. The molecule has 0 saturated carbocycles. The lowest BCUT2D eigenvalue weighted by molar-refractivity contribution is -0.137. The molecule has 0 saturated heterocycles. The number of benzene rings is 1. The second-order valence-corrected chi connectivity index (χ2v) is 6.13. The minimum atomic E-state index is -3.73. The zero-order valence-electron chi connectivity index (χ0n) is 11.9. The quantitative estimate of drug-likeness (QED) is 0.674. The van der Waals surface area contributed by atoms with Crippen LogP contribution in [0.5, 0.6) is 0 Å². The van der Waals surface area contributed by atoms with Crippen molar-refractivity contribution in [1.82, 2.24) is 5.32 Å². The van der Waals surface area contributed by atoms with Gasteiger partial charge in [-0.2, -0.15) is 8.42 Å². The molecule has 122 valence electrons. The summed E-state index contributed by atoms with van der Waals surface area (Å²) < 4.78 is 31.2. The molecule has 0 radical (unpaired) electrons. The third-order valence-corrected chi connectivity index (χ3v) is 3.00. The third kappa shape index (κ3) is 8.22. The molecule has 0 bridgehead atoms. The predicted octanol–water partition coefficient (Wildman–Crippen LogP) is 0.732. The topological polar surface area (TPSA) is 119 Å². The van der Waals surface area contributed by atoms with E-state index in [0.29, 0.717) is 0 Å². The summed E-state index contributed by atoms with van der Waals surface area (Å²) in [5.41, 5.74) is 0.764. The summed E-state index contributed by atoms with van der Waals surface area (Å²) in [4.78, 5) is 22.3. The van der Waals surface area contributed by atoms with Crippen LogP contribution in [0.3, 0.4) is 0 Å². The van der Waals surface area contributed by atoms with Crippen LogP contribution in [0.15, 0.2) is 30.3 Å². The molecule has 0 aliphatic heterocycles. The molecule has 2 N–H and O–H groups in total. The number of carbonyl (C=O) groups excluding carboxylic acids is 1. The Morgan fingerprint density at radius 2 is 1.91 bits per heavy atom. The Bertz CT molecular complexity index is 600. The predicted molar refractivity (Wildman–Crippen MR) is 76.6 cm³/mol. The van der Waals surface area contributed by atoms with E-state index in [1.807, 2.05) is 6.07 Å². The first kappa shape index (κ1) is 17.9. The zero-order valence-corrected chi connectivity index (χ0v) is 12.7. The summed E-state index contributed by atoms with van der Waals surface area (Å²) >= 11 is 0. The van der Waals surface area contributed by atoms with Gasteiger partial charge in [0.2, 0.25) is 0 Å². The molecule has 22 heavy (non-hydrogen) atoms. The van der Waals surface area contributed by atoms with E-state index in [1.54, 1.807) is 24.3 Å². The maximum absolute atomic E-state index is 11.6. The van der Waals surface area contributed by atoms with Crippen molar-refractivity contribution in [3.63, 3.8) is 0 Å². The fourth-order valence-corrected chi connectivity index (χ4v) is 1.91. The maximum Gasteiger partial charge on any atom is 0.407 e. The van der Waals surface area contributed by atoms with Gasteiger partial charge in [-0.3, -0.25) is 8.98 Å².